The maximum absolute atomic E-state index is 15.0. The van der Waals surface area contributed by atoms with Gasteiger partial charge in [0.05, 0.1) is 67.8 Å². The average Bonchev–Trinajstić information content (AvgIpc) is 3.95. The molecule has 0 atom stereocenters. The SMILES string of the molecule is N#Cc1cccc(-c2ccc3c(c2)c2ccccc2n3-c2ccc(C(F)(F)F)cc2-c2nc(-c3ccccc3)nc(-c3cc(C(F)(F)F)ccc3-n3c4ccccc4c4cc(-c5cccc(C#N)c5)ccc43)n2)c1. The summed E-state index contributed by atoms with van der Waals surface area (Å²) in [6.07, 6.45) is -9.63. The van der Waals surface area contributed by atoms with E-state index in [1.165, 1.54) is 12.1 Å². The van der Waals surface area contributed by atoms with Crippen molar-refractivity contribution in [1.82, 2.24) is 24.1 Å². The Morgan fingerprint density at radius 2 is 0.730 bits per heavy atom. The Kier molecular flexibility index (Phi) is 10.7. The molecule has 0 amide bonds. The summed E-state index contributed by atoms with van der Waals surface area (Å²) in [4.78, 5) is 14.6. The Morgan fingerprint density at radius 1 is 0.338 bits per heavy atom. The van der Waals surface area contributed by atoms with E-state index >= 15 is 0 Å². The predicted octanol–water partition coefficient (Wildman–Crippen LogP) is 16.2. The molecule has 74 heavy (non-hydrogen) atoms. The fourth-order valence-corrected chi connectivity index (χ4v) is 9.87. The zero-order valence-corrected chi connectivity index (χ0v) is 38.5. The highest BCUT2D eigenvalue weighted by atomic mass is 19.4. The van der Waals surface area contributed by atoms with E-state index in [0.29, 0.717) is 38.8 Å². The second kappa shape index (κ2) is 17.5. The van der Waals surface area contributed by atoms with Crippen molar-refractivity contribution in [3.8, 4) is 79.9 Å². The molecule has 0 radical (unpaired) electrons. The molecule has 0 fully saturated rings. The molecule has 3 aromatic heterocycles. The monoisotopic (exact) mass is 977 g/mol. The number of rotatable bonds is 7. The van der Waals surface area contributed by atoms with Gasteiger partial charge in [-0.2, -0.15) is 36.9 Å². The molecule has 0 saturated carbocycles. The lowest BCUT2D eigenvalue weighted by molar-refractivity contribution is -0.138. The maximum atomic E-state index is 15.0. The van der Waals surface area contributed by atoms with Gasteiger partial charge in [-0.1, -0.05) is 103 Å². The van der Waals surface area contributed by atoms with Gasteiger partial charge in [0.1, 0.15) is 0 Å². The van der Waals surface area contributed by atoms with Crippen molar-refractivity contribution >= 4 is 43.6 Å². The van der Waals surface area contributed by atoms with Crippen LogP contribution in [0.4, 0.5) is 26.3 Å². The van der Waals surface area contributed by atoms with Crippen LogP contribution >= 0.6 is 0 Å². The molecule has 12 rings (SSSR count). The van der Waals surface area contributed by atoms with E-state index < -0.39 is 23.5 Å². The molecule has 0 unspecified atom stereocenters. The van der Waals surface area contributed by atoms with Crippen LogP contribution < -0.4 is 0 Å². The van der Waals surface area contributed by atoms with Gasteiger partial charge in [-0.3, -0.25) is 0 Å². The summed E-state index contributed by atoms with van der Waals surface area (Å²) in [5.74, 6) is -0.434. The normalized spacial score (nSPS) is 11.9. The first-order chi connectivity index (χ1) is 35.8. The number of fused-ring (bicyclic) bond motifs is 6. The van der Waals surface area contributed by atoms with Crippen LogP contribution in [0.1, 0.15) is 22.3 Å². The van der Waals surface area contributed by atoms with Crippen LogP contribution in [0.2, 0.25) is 0 Å². The average molecular weight is 978 g/mol. The quantitative estimate of drug-likeness (QED) is 0.148. The van der Waals surface area contributed by atoms with Crippen LogP contribution in [0.5, 0.6) is 0 Å². The van der Waals surface area contributed by atoms with Gasteiger partial charge in [-0.05, 0) is 119 Å². The minimum atomic E-state index is -4.82. The topological polar surface area (TPSA) is 96.1 Å². The standard InChI is InChI=1S/C61H33F6N7/c62-60(63,64)43-22-26-55(73-51-18-6-4-16-45(51)47-30-41(20-24-53(47)73)39-14-8-10-36(28-39)34-68)49(32-43)58-70-57(38-12-2-1-3-13-38)71-59(72-58)50-33-44(61(65,66)67)23-27-56(50)74-52-19-7-5-17-46(52)48-31-42(21-25-54(48)74)40-15-9-11-37(29-40)35-69/h1-33H. The molecule has 0 bridgehead atoms. The van der Waals surface area contributed by atoms with E-state index in [9.17, 15) is 36.9 Å². The van der Waals surface area contributed by atoms with E-state index in [-0.39, 0.29) is 40.0 Å². The second-order valence-corrected chi connectivity index (χ2v) is 17.7. The van der Waals surface area contributed by atoms with Crippen LogP contribution in [0.15, 0.2) is 200 Å². The Morgan fingerprint density at radius 3 is 1.18 bits per heavy atom. The third-order valence-electron chi connectivity index (χ3n) is 13.3. The third-order valence-corrected chi connectivity index (χ3v) is 13.3. The molecule has 0 aliphatic carbocycles. The Hall–Kier alpha value is -9.85. The largest absolute Gasteiger partial charge is 0.416 e. The first kappa shape index (κ1) is 45.3. The van der Waals surface area contributed by atoms with Crippen LogP contribution in [0.25, 0.3) is 111 Å². The van der Waals surface area contributed by atoms with Crippen LogP contribution in [0.3, 0.4) is 0 Å². The van der Waals surface area contributed by atoms with Crippen molar-refractivity contribution in [3.05, 3.63) is 222 Å². The number of nitriles is 2. The molecule has 13 heteroatoms. The van der Waals surface area contributed by atoms with Crippen molar-refractivity contribution in [1.29, 1.82) is 10.5 Å². The number of hydrogen-bond acceptors (Lipinski definition) is 5. The fraction of sp³-hybridized carbons (Fsp3) is 0.0328. The van der Waals surface area contributed by atoms with Crippen LogP contribution in [0, 0.1) is 22.7 Å². The van der Waals surface area contributed by atoms with E-state index in [1.807, 2.05) is 106 Å². The number of halogens is 6. The molecule has 0 aliphatic rings. The highest BCUT2D eigenvalue weighted by Gasteiger charge is 2.34. The zero-order chi connectivity index (χ0) is 50.9. The number of benzene rings is 9. The molecule has 0 spiro atoms. The minimum absolute atomic E-state index is 0.00949. The van der Waals surface area contributed by atoms with E-state index in [2.05, 4.69) is 12.1 Å². The van der Waals surface area contributed by atoms with E-state index in [0.717, 1.165) is 68.1 Å². The highest BCUT2D eigenvalue weighted by molar-refractivity contribution is 6.12. The Bertz CT molecular complexity index is 4070. The Labute approximate surface area is 417 Å². The first-order valence-electron chi connectivity index (χ1n) is 23.2. The fourth-order valence-electron chi connectivity index (χ4n) is 9.87. The van der Waals surface area contributed by atoms with Gasteiger partial charge >= 0.3 is 12.4 Å². The second-order valence-electron chi connectivity index (χ2n) is 17.7. The molecule has 0 N–H and O–H groups in total. The van der Waals surface area contributed by atoms with E-state index in [4.69, 9.17) is 15.0 Å². The summed E-state index contributed by atoms with van der Waals surface area (Å²) >= 11 is 0. The lowest BCUT2D eigenvalue weighted by Gasteiger charge is -2.19. The molecule has 9 aromatic carbocycles. The van der Waals surface area contributed by atoms with Crippen LogP contribution in [-0.4, -0.2) is 24.1 Å². The maximum Gasteiger partial charge on any atom is 0.416 e. The van der Waals surface area contributed by atoms with Crippen LogP contribution in [-0.2, 0) is 12.4 Å². The predicted molar refractivity (Wildman–Crippen MR) is 275 cm³/mol. The highest BCUT2D eigenvalue weighted by Crippen LogP contribution is 2.44. The van der Waals surface area contributed by atoms with Gasteiger partial charge < -0.3 is 9.13 Å². The number of alkyl halides is 6. The smallest absolute Gasteiger partial charge is 0.309 e. The van der Waals surface area contributed by atoms with Gasteiger partial charge in [0.15, 0.2) is 17.5 Å². The summed E-state index contributed by atoms with van der Waals surface area (Å²) in [5.41, 5.74) is 5.60. The van der Waals surface area contributed by atoms with Crippen molar-refractivity contribution in [2.75, 3.05) is 0 Å². The summed E-state index contributed by atoms with van der Waals surface area (Å²) < 4.78 is 93.6. The van der Waals surface area contributed by atoms with Gasteiger partial charge in [0.25, 0.3) is 0 Å². The number of para-hydroxylation sites is 2. The van der Waals surface area contributed by atoms with Crippen molar-refractivity contribution in [3.63, 3.8) is 0 Å². The first-order valence-corrected chi connectivity index (χ1v) is 23.2. The third kappa shape index (κ3) is 7.84. The van der Waals surface area contributed by atoms with Gasteiger partial charge in [-0.25, -0.2) is 15.0 Å². The summed E-state index contributed by atoms with van der Waals surface area (Å²) in [6.45, 7) is 0. The zero-order valence-electron chi connectivity index (χ0n) is 38.5. The Balaban J connectivity index is 1.13. The molecular formula is C61H33F6N7. The molecule has 0 saturated heterocycles. The summed E-state index contributed by atoms with van der Waals surface area (Å²) in [7, 11) is 0. The van der Waals surface area contributed by atoms with Crippen molar-refractivity contribution in [2.45, 2.75) is 12.4 Å². The summed E-state index contributed by atoms with van der Waals surface area (Å²) in [6, 6.07) is 60.3. The minimum Gasteiger partial charge on any atom is -0.309 e. The molecule has 0 aliphatic heterocycles. The molecule has 354 valence electrons. The van der Waals surface area contributed by atoms with Gasteiger partial charge in [-0.15, -0.1) is 0 Å². The van der Waals surface area contributed by atoms with Gasteiger partial charge in [0, 0.05) is 38.2 Å². The number of aromatic nitrogens is 5. The molecule has 3 heterocycles. The molecule has 12 aromatic rings. The lowest BCUT2D eigenvalue weighted by Crippen LogP contribution is -2.10. The van der Waals surface area contributed by atoms with Gasteiger partial charge in [0.2, 0.25) is 0 Å². The molecular weight excluding hydrogens is 945 g/mol. The summed E-state index contributed by atoms with van der Waals surface area (Å²) in [5, 5.41) is 22.4. The van der Waals surface area contributed by atoms with Crippen molar-refractivity contribution in [2.24, 2.45) is 0 Å². The van der Waals surface area contributed by atoms with E-state index in [1.54, 1.807) is 66.7 Å². The lowest BCUT2D eigenvalue weighted by atomic mass is 10.0. The van der Waals surface area contributed by atoms with Crippen molar-refractivity contribution < 1.29 is 26.3 Å². The number of nitrogens with zero attached hydrogens (tertiary/aromatic N) is 7. The molecule has 7 nitrogen and oxygen atoms in total. The number of hydrogen-bond donors (Lipinski definition) is 0.